The summed E-state index contributed by atoms with van der Waals surface area (Å²) in [6.07, 6.45) is 2.88. The molecule has 3 aromatic heterocycles. The van der Waals surface area contributed by atoms with Crippen LogP contribution in [0.2, 0.25) is 10.0 Å². The van der Waals surface area contributed by atoms with Crippen molar-refractivity contribution in [3.05, 3.63) is 116 Å². The molecule has 0 fully saturated rings. The minimum Gasteiger partial charge on any atom is -0.461 e. The Labute approximate surface area is 281 Å². The number of benzene rings is 2. The van der Waals surface area contributed by atoms with Gasteiger partial charge in [0.15, 0.2) is 5.76 Å². The van der Waals surface area contributed by atoms with Gasteiger partial charge in [0, 0.05) is 45.7 Å². The van der Waals surface area contributed by atoms with Gasteiger partial charge in [-0.25, -0.2) is 0 Å². The van der Waals surface area contributed by atoms with Crippen LogP contribution in [0.1, 0.15) is 40.4 Å². The van der Waals surface area contributed by atoms with Gasteiger partial charge in [-0.05, 0) is 90.0 Å². The number of carbonyl (C=O) groups excluding carboxylic acids is 1. The Balaban J connectivity index is 0.000000208. The fourth-order valence-corrected chi connectivity index (χ4v) is 7.16. The summed E-state index contributed by atoms with van der Waals surface area (Å²) in [7, 11) is 0. The maximum Gasteiger partial charge on any atom is 0.238 e. The molecule has 0 aliphatic heterocycles. The first-order valence-electron chi connectivity index (χ1n) is 13.6. The Hall–Kier alpha value is -2.85. The van der Waals surface area contributed by atoms with Crippen molar-refractivity contribution in [2.75, 3.05) is 13.1 Å². The summed E-state index contributed by atoms with van der Waals surface area (Å²) >= 11 is 25.8. The van der Waals surface area contributed by atoms with Crippen molar-refractivity contribution in [3.8, 4) is 20.9 Å². The molecule has 222 valence electrons. The first kappa shape index (κ1) is 33.1. The highest BCUT2D eigenvalue weighted by Gasteiger charge is 2.20. The zero-order valence-electron chi connectivity index (χ0n) is 23.6. The highest BCUT2D eigenvalue weighted by Crippen LogP contribution is 2.35. The van der Waals surface area contributed by atoms with Crippen LogP contribution in [0.15, 0.2) is 88.9 Å². The predicted molar refractivity (Wildman–Crippen MR) is 192 cm³/mol. The largest absolute Gasteiger partial charge is 0.461 e. The van der Waals surface area contributed by atoms with Crippen molar-refractivity contribution in [1.82, 2.24) is 10.6 Å². The summed E-state index contributed by atoms with van der Waals surface area (Å²) in [5.41, 5.74) is 4.51. The summed E-state index contributed by atoms with van der Waals surface area (Å²) < 4.78 is 5.24. The van der Waals surface area contributed by atoms with Crippen LogP contribution in [-0.4, -0.2) is 28.8 Å². The molecule has 0 aliphatic carbocycles. The topological polar surface area (TPSA) is 54.3 Å². The number of furan rings is 1. The second kappa shape index (κ2) is 16.3. The SMILES string of the molecule is CCNC(=S)Cc1cc(C(=O)c2ccco2)sc1-c1ccc(Cl)cc1.CCNC(=S)Cc1ccsc1-c1ccc(Cl)cc1. The quantitative estimate of drug-likeness (QED) is 0.113. The van der Waals surface area contributed by atoms with Crippen molar-refractivity contribution < 1.29 is 9.21 Å². The van der Waals surface area contributed by atoms with Crippen molar-refractivity contribution in [2.24, 2.45) is 0 Å². The molecule has 0 atom stereocenters. The number of carbonyl (C=O) groups is 1. The Bertz CT molecular complexity index is 1660. The Morgan fingerprint density at radius 2 is 1.35 bits per heavy atom. The highest BCUT2D eigenvalue weighted by atomic mass is 35.5. The highest BCUT2D eigenvalue weighted by molar-refractivity contribution is 7.80. The minimum atomic E-state index is -0.120. The molecule has 0 spiro atoms. The first-order chi connectivity index (χ1) is 20.8. The third kappa shape index (κ3) is 9.32. The summed E-state index contributed by atoms with van der Waals surface area (Å²) in [5.74, 6) is 0.218. The zero-order valence-corrected chi connectivity index (χ0v) is 28.4. The Kier molecular flexibility index (Phi) is 12.5. The number of nitrogens with one attached hydrogen (secondary N) is 2. The van der Waals surface area contributed by atoms with Crippen LogP contribution in [-0.2, 0) is 12.8 Å². The smallest absolute Gasteiger partial charge is 0.238 e. The summed E-state index contributed by atoms with van der Waals surface area (Å²) in [6.45, 7) is 5.71. The molecule has 0 saturated heterocycles. The van der Waals surface area contributed by atoms with Gasteiger partial charge < -0.3 is 15.1 Å². The predicted octanol–water partition coefficient (Wildman–Crippen LogP) is 9.92. The lowest BCUT2D eigenvalue weighted by molar-refractivity contribution is 0.101. The van der Waals surface area contributed by atoms with Crippen molar-refractivity contribution in [2.45, 2.75) is 26.7 Å². The number of likely N-dealkylation sites (N-methyl/N-ethyl adjacent to an activating group) is 2. The average molecular weight is 686 g/mol. The van der Waals surface area contributed by atoms with Crippen molar-refractivity contribution in [3.63, 3.8) is 0 Å². The van der Waals surface area contributed by atoms with Gasteiger partial charge in [0.1, 0.15) is 0 Å². The van der Waals surface area contributed by atoms with E-state index >= 15 is 0 Å². The molecule has 2 aromatic carbocycles. The third-order valence-corrected chi connectivity index (χ3v) is 9.50. The van der Waals surface area contributed by atoms with E-state index in [0.717, 1.165) is 50.5 Å². The van der Waals surface area contributed by atoms with Crippen LogP contribution < -0.4 is 10.6 Å². The van der Waals surface area contributed by atoms with E-state index in [1.54, 1.807) is 23.5 Å². The molecule has 0 radical (unpaired) electrons. The second-order valence-electron chi connectivity index (χ2n) is 9.32. The lowest BCUT2D eigenvalue weighted by atomic mass is 10.1. The van der Waals surface area contributed by atoms with Crippen LogP contribution in [0.25, 0.3) is 20.9 Å². The van der Waals surface area contributed by atoms with Gasteiger partial charge in [-0.2, -0.15) is 0 Å². The van der Waals surface area contributed by atoms with Gasteiger partial charge in [-0.15, -0.1) is 22.7 Å². The normalized spacial score (nSPS) is 10.5. The zero-order chi connectivity index (χ0) is 30.8. The maximum atomic E-state index is 12.6. The lowest BCUT2D eigenvalue weighted by Crippen LogP contribution is -2.22. The van der Waals surface area contributed by atoms with Crippen molar-refractivity contribution >= 4 is 86.1 Å². The van der Waals surface area contributed by atoms with E-state index in [-0.39, 0.29) is 5.78 Å². The van der Waals surface area contributed by atoms with Gasteiger partial charge in [0.2, 0.25) is 5.78 Å². The molecule has 4 nitrogen and oxygen atoms in total. The number of ketones is 1. The van der Waals surface area contributed by atoms with Gasteiger partial charge in [-0.3, -0.25) is 4.79 Å². The van der Waals surface area contributed by atoms with Crippen LogP contribution in [0.4, 0.5) is 0 Å². The molecule has 0 unspecified atom stereocenters. The average Bonchev–Trinajstić information content (AvgIpc) is 3.76. The van der Waals surface area contributed by atoms with Crippen LogP contribution in [0.3, 0.4) is 0 Å². The third-order valence-electron chi connectivity index (χ3n) is 6.19. The molecule has 0 bridgehead atoms. The monoisotopic (exact) mass is 684 g/mol. The van der Waals surface area contributed by atoms with Gasteiger partial charge in [-0.1, -0.05) is 71.9 Å². The fourth-order valence-electron chi connectivity index (χ4n) is 4.24. The van der Waals surface area contributed by atoms with Crippen LogP contribution in [0.5, 0.6) is 0 Å². The van der Waals surface area contributed by atoms with Gasteiger partial charge in [0.25, 0.3) is 0 Å². The van der Waals surface area contributed by atoms with Crippen LogP contribution in [0, 0.1) is 0 Å². The van der Waals surface area contributed by atoms with E-state index in [0.29, 0.717) is 22.1 Å². The Morgan fingerprint density at radius 3 is 1.88 bits per heavy atom. The molecule has 5 aromatic rings. The van der Waals surface area contributed by atoms with E-state index in [2.05, 4.69) is 29.0 Å². The van der Waals surface area contributed by atoms with E-state index in [4.69, 9.17) is 52.1 Å². The number of halogens is 2. The number of thiocarbonyl (C=S) groups is 2. The molecule has 0 aliphatic rings. The standard InChI is InChI=1S/C19H16ClNO2S2.C14H14ClNS2/c1-2-21-17(24)11-13-10-16(18(22)15-4-3-9-23-15)25-19(13)12-5-7-14(20)8-6-12;1-2-16-13(17)9-11-7-8-18-14(11)10-3-5-12(15)6-4-10/h3-10H,2,11H2,1H3,(H,21,24);3-8H,2,9H2,1H3,(H,16,17). The van der Waals surface area contributed by atoms with Crippen molar-refractivity contribution in [1.29, 1.82) is 0 Å². The minimum absolute atomic E-state index is 0.120. The number of thiophene rings is 2. The summed E-state index contributed by atoms with van der Waals surface area (Å²) in [4.78, 5) is 17.2. The molecule has 2 N–H and O–H groups in total. The van der Waals surface area contributed by atoms with Crippen LogP contribution >= 0.6 is 70.3 Å². The molecule has 3 heterocycles. The molecule has 0 amide bonds. The first-order valence-corrected chi connectivity index (χ1v) is 16.9. The summed E-state index contributed by atoms with van der Waals surface area (Å²) in [5, 5.41) is 9.89. The number of hydrogen-bond donors (Lipinski definition) is 2. The number of rotatable bonds is 10. The second-order valence-corrected chi connectivity index (χ2v) is 13.1. The number of hydrogen-bond acceptors (Lipinski definition) is 6. The summed E-state index contributed by atoms with van der Waals surface area (Å²) in [6, 6.07) is 23.0. The van der Waals surface area contributed by atoms with Gasteiger partial charge >= 0.3 is 0 Å². The molecular formula is C33H30Cl2N2O2S4. The van der Waals surface area contributed by atoms with E-state index in [9.17, 15) is 4.79 Å². The Morgan fingerprint density at radius 1 is 0.791 bits per heavy atom. The van der Waals surface area contributed by atoms with E-state index in [1.165, 1.54) is 33.6 Å². The molecule has 0 saturated carbocycles. The lowest BCUT2D eigenvalue weighted by Gasteiger charge is -2.07. The fraction of sp³-hybridized carbons (Fsp3) is 0.182. The van der Waals surface area contributed by atoms with E-state index < -0.39 is 0 Å². The molecular weight excluding hydrogens is 656 g/mol. The molecule has 10 heteroatoms. The van der Waals surface area contributed by atoms with Gasteiger partial charge in [0.05, 0.1) is 21.1 Å². The maximum absolute atomic E-state index is 12.6. The van der Waals surface area contributed by atoms with E-state index in [1.807, 2.05) is 61.5 Å². The molecule has 5 rings (SSSR count). The molecule has 43 heavy (non-hydrogen) atoms.